The predicted molar refractivity (Wildman–Crippen MR) is 368 cm³/mol. The third kappa shape index (κ3) is 16.1. The maximum Gasteiger partial charge on any atom is 0.410 e. The van der Waals surface area contributed by atoms with Crippen molar-refractivity contribution in [3.8, 4) is 33.5 Å². The third-order valence-corrected chi connectivity index (χ3v) is 19.5. The van der Waals surface area contributed by atoms with Gasteiger partial charge < -0.3 is 28.7 Å². The predicted octanol–water partition coefficient (Wildman–Crippen LogP) is 17.8. The van der Waals surface area contributed by atoms with E-state index in [1.54, 1.807) is 47.5 Å². The summed E-state index contributed by atoms with van der Waals surface area (Å²) in [5, 5.41) is 0. The third-order valence-electron chi connectivity index (χ3n) is 18.5. The molecule has 3 heterocycles. The fraction of sp³-hybridized carbons (Fsp3) is 0.269. The van der Waals surface area contributed by atoms with Gasteiger partial charge in [-0.3, -0.25) is 24.2 Å². The first-order chi connectivity index (χ1) is 47.6. The summed E-state index contributed by atoms with van der Waals surface area (Å²) in [6.07, 6.45) is 5.92. The van der Waals surface area contributed by atoms with Gasteiger partial charge in [0.15, 0.2) is 12.4 Å². The zero-order valence-corrected chi connectivity index (χ0v) is 57.2. The quantitative estimate of drug-likeness (QED) is 0.0471. The van der Waals surface area contributed by atoms with Crippen LogP contribution in [0.25, 0.3) is 33.5 Å². The van der Waals surface area contributed by atoms with Crippen molar-refractivity contribution in [1.82, 2.24) is 19.8 Å². The Morgan fingerprint density at radius 2 is 0.889 bits per heavy atom. The molecular formula is C78H68Br2F4N4O11. The van der Waals surface area contributed by atoms with E-state index in [1.807, 2.05) is 127 Å². The van der Waals surface area contributed by atoms with Crippen LogP contribution >= 0.6 is 31.9 Å². The summed E-state index contributed by atoms with van der Waals surface area (Å²) in [5.74, 6) is -7.48. The van der Waals surface area contributed by atoms with E-state index in [-0.39, 0.29) is 75.9 Å². The minimum absolute atomic E-state index is 0.00895. The van der Waals surface area contributed by atoms with Crippen molar-refractivity contribution < 1.29 is 70.0 Å². The van der Waals surface area contributed by atoms with Crippen molar-refractivity contribution >= 4 is 67.7 Å². The molecule has 508 valence electrons. The molecule has 2 aliphatic heterocycles. The van der Waals surface area contributed by atoms with Crippen molar-refractivity contribution in [2.24, 2.45) is 10.8 Å². The molecule has 4 aliphatic carbocycles. The maximum atomic E-state index is 15.4. The van der Waals surface area contributed by atoms with Crippen LogP contribution in [0, 0.1) is 10.8 Å². The van der Waals surface area contributed by atoms with E-state index in [1.165, 1.54) is 49.1 Å². The van der Waals surface area contributed by atoms with Gasteiger partial charge >= 0.3 is 30.1 Å². The number of aromatic nitrogens is 2. The van der Waals surface area contributed by atoms with Crippen molar-refractivity contribution in [2.75, 3.05) is 19.7 Å². The molecule has 2 saturated heterocycles. The number of fused-ring (bicyclic) bond motifs is 6. The summed E-state index contributed by atoms with van der Waals surface area (Å²) in [7, 11) is 0. The molecule has 2 amide bonds. The first kappa shape index (κ1) is 69.2. The highest BCUT2D eigenvalue weighted by Crippen LogP contribution is 2.59. The minimum atomic E-state index is -3.26. The molecule has 21 heteroatoms. The number of nitrogens with zero attached hydrogens (tertiary/aromatic N) is 3. The molecule has 1 aromatic heterocycles. The van der Waals surface area contributed by atoms with E-state index in [4.69, 9.17) is 23.7 Å². The second-order valence-electron chi connectivity index (χ2n) is 25.6. The molecule has 15 rings (SSSR count). The number of esters is 3. The summed E-state index contributed by atoms with van der Waals surface area (Å²) in [5.41, 5.74) is 6.58. The Morgan fingerprint density at radius 3 is 1.35 bits per heavy atom. The van der Waals surface area contributed by atoms with Crippen LogP contribution < -0.4 is 0 Å². The number of carbonyl (C=O) groups excluding carboxylic acids is 6. The lowest BCUT2D eigenvalue weighted by molar-refractivity contribution is -0.147. The second kappa shape index (κ2) is 29.4. The molecule has 99 heavy (non-hydrogen) atoms. The van der Waals surface area contributed by atoms with Crippen LogP contribution in [0.3, 0.4) is 0 Å². The Hall–Kier alpha value is -9.73. The van der Waals surface area contributed by atoms with Crippen molar-refractivity contribution in [2.45, 2.75) is 103 Å². The number of benzene rings is 8. The SMILES string of the molecule is CC(=O)OCc1ccccc1.CC(=O)OCc1ccccc1.O=C(COC(=O)[C@@H]1CC2(CC2)CN1C(=O)OCc1ccccc1)c1ccc2c(c1)C(F)(F)c1cc(Br)ccc1-2.O=C(OCc1ccccc1)N1CC2(CC2)C[C@H]1c1ncc(-c2ccc3c(c2)C(F)(F)c2cc(Br)ccc2-3)[nH]1. The average Bonchev–Trinajstić information content (AvgIpc) is 1.61. The molecule has 0 unspecified atom stereocenters. The van der Waals surface area contributed by atoms with Gasteiger partial charge in [-0.05, 0) is 130 Å². The minimum Gasteiger partial charge on any atom is -0.461 e. The molecule has 1 N–H and O–H groups in total. The number of H-pyrrole nitrogens is 1. The molecular weight excluding hydrogens is 1400 g/mol. The number of alkyl halides is 4. The van der Waals surface area contributed by atoms with Crippen molar-refractivity contribution in [1.29, 1.82) is 0 Å². The van der Waals surface area contributed by atoms with Crippen LogP contribution in [0.1, 0.15) is 119 Å². The van der Waals surface area contributed by atoms with Gasteiger partial charge in [0.1, 0.15) is 38.3 Å². The lowest BCUT2D eigenvalue weighted by Crippen LogP contribution is -2.42. The molecule has 6 aliphatic rings. The van der Waals surface area contributed by atoms with E-state index < -0.39 is 42.3 Å². The van der Waals surface area contributed by atoms with E-state index in [2.05, 4.69) is 41.8 Å². The Balaban J connectivity index is 0.000000144. The molecule has 15 nitrogen and oxygen atoms in total. The number of aromatic amines is 1. The molecule has 8 aromatic carbocycles. The average molecular weight is 1470 g/mol. The number of amides is 2. The molecule has 2 spiro atoms. The van der Waals surface area contributed by atoms with Gasteiger partial charge in [0.2, 0.25) is 0 Å². The van der Waals surface area contributed by atoms with Gasteiger partial charge in [0.25, 0.3) is 11.8 Å². The van der Waals surface area contributed by atoms with E-state index in [0.29, 0.717) is 81.0 Å². The van der Waals surface area contributed by atoms with E-state index in [9.17, 15) is 28.8 Å². The highest BCUT2D eigenvalue weighted by atomic mass is 79.9. The zero-order valence-electron chi connectivity index (χ0n) is 54.0. The van der Waals surface area contributed by atoms with Gasteiger partial charge in [0.05, 0.1) is 17.9 Å². The topological polar surface area (TPSA) is 184 Å². The van der Waals surface area contributed by atoms with Crippen LogP contribution in [0.4, 0.5) is 27.2 Å². The Labute approximate surface area is 586 Å². The number of carbonyl (C=O) groups is 6. The van der Waals surface area contributed by atoms with Gasteiger partial charge in [-0.25, -0.2) is 19.4 Å². The van der Waals surface area contributed by atoms with Crippen LogP contribution in [0.5, 0.6) is 0 Å². The smallest absolute Gasteiger partial charge is 0.410 e. The number of hydrogen-bond acceptors (Lipinski definition) is 12. The first-order valence-electron chi connectivity index (χ1n) is 32.3. The lowest BCUT2D eigenvalue weighted by Gasteiger charge is -2.22. The van der Waals surface area contributed by atoms with Gasteiger partial charge in [-0.15, -0.1) is 0 Å². The largest absolute Gasteiger partial charge is 0.461 e. The molecule has 2 atom stereocenters. The van der Waals surface area contributed by atoms with Gasteiger partial charge in [-0.2, -0.15) is 17.6 Å². The summed E-state index contributed by atoms with van der Waals surface area (Å²) in [6.45, 7) is 4.26. The Bertz CT molecular complexity index is 4420. The number of imidazole rings is 1. The van der Waals surface area contributed by atoms with Crippen LogP contribution in [-0.4, -0.2) is 81.4 Å². The number of Topliss-reactive ketones (excluding diaryl/α,β-unsaturated/α-hetero) is 1. The molecule has 4 fully saturated rings. The molecule has 0 radical (unpaired) electrons. The van der Waals surface area contributed by atoms with E-state index in [0.717, 1.165) is 54.4 Å². The monoisotopic (exact) mass is 1470 g/mol. The molecule has 9 aromatic rings. The summed E-state index contributed by atoms with van der Waals surface area (Å²) >= 11 is 6.55. The van der Waals surface area contributed by atoms with Crippen molar-refractivity contribution in [3.63, 3.8) is 0 Å². The number of hydrogen-bond donors (Lipinski definition) is 1. The highest BCUT2D eigenvalue weighted by Gasteiger charge is 2.57. The number of ether oxygens (including phenoxy) is 5. The number of rotatable bonds is 14. The van der Waals surface area contributed by atoms with Gasteiger partial charge in [0, 0.05) is 69.3 Å². The van der Waals surface area contributed by atoms with Gasteiger partial charge in [-0.1, -0.05) is 190 Å². The second-order valence-corrected chi connectivity index (χ2v) is 27.4. The normalized spacial score (nSPS) is 17.3. The summed E-state index contributed by atoms with van der Waals surface area (Å²) in [4.78, 5) is 83.7. The zero-order chi connectivity index (χ0) is 69.6. The standard InChI is InChI=1S/C30H24BrF2N3O2.C30H24BrF2NO5.2C9H10O2/c31-20-7-9-22-21-8-6-19(12-23(21)30(32,33)24(22)13-20)25-15-34-27(35-25)26-14-29(10-11-29)17-36(26)28(37)38-16-18-4-2-1-3-5-18;31-20-7-9-22-21-8-6-19(12-23(21)30(32,33)24(22)13-20)26(35)16-38-27(36)25-14-29(10-11-29)17-34(25)28(37)39-15-18-4-2-1-3-5-18;2*1-8(10)11-7-9-5-3-2-4-6-9/h1-9,12-13,15,26H,10-11,14,16-17H2,(H,34,35);1-9,12-13,25H,10-11,14-17H2;2*2-6H,7H2,1H3/t26-;25-;;/m00../s1. The maximum absolute atomic E-state index is 15.4. The summed E-state index contributed by atoms with van der Waals surface area (Å²) in [6, 6.07) is 55.9. The first-order valence-corrected chi connectivity index (χ1v) is 33.9. The van der Waals surface area contributed by atoms with E-state index >= 15 is 17.6 Å². The van der Waals surface area contributed by atoms with Crippen molar-refractivity contribution in [3.05, 3.63) is 265 Å². The Kier molecular flexibility index (Phi) is 20.5. The molecule has 0 bridgehead atoms. The number of ketones is 1. The number of nitrogens with one attached hydrogen (secondary N) is 1. The van der Waals surface area contributed by atoms with Crippen LogP contribution in [0.2, 0.25) is 0 Å². The number of likely N-dealkylation sites (tertiary alicyclic amines) is 2. The Morgan fingerprint density at radius 1 is 0.485 bits per heavy atom. The fourth-order valence-corrected chi connectivity index (χ4v) is 13.6. The molecule has 2 saturated carbocycles. The lowest BCUT2D eigenvalue weighted by atomic mass is 10.0. The summed E-state index contributed by atoms with van der Waals surface area (Å²) < 4.78 is 88.3. The number of halogens is 6. The fourth-order valence-electron chi connectivity index (χ4n) is 12.9. The van der Waals surface area contributed by atoms with Crippen LogP contribution in [0.15, 0.2) is 209 Å². The van der Waals surface area contributed by atoms with Crippen LogP contribution in [-0.2, 0) is 76.3 Å². The highest BCUT2D eigenvalue weighted by molar-refractivity contribution is 9.10.